The smallest absolute Gasteiger partial charge is 0.218 e. The zero-order valence-electron chi connectivity index (χ0n) is 12.6. The number of nitrogens with zero attached hydrogens (tertiary/aromatic N) is 4. The van der Waals surface area contributed by atoms with Gasteiger partial charge in [-0.05, 0) is 18.4 Å². The van der Waals surface area contributed by atoms with Crippen molar-refractivity contribution in [1.29, 1.82) is 0 Å². The molecule has 0 bridgehead atoms. The summed E-state index contributed by atoms with van der Waals surface area (Å²) < 4.78 is 28.7. The van der Waals surface area contributed by atoms with E-state index in [2.05, 4.69) is 10.2 Å². The van der Waals surface area contributed by atoms with Crippen LogP contribution in [0.5, 0.6) is 0 Å². The lowest BCUT2D eigenvalue weighted by Gasteiger charge is -2.31. The van der Waals surface area contributed by atoms with Crippen LogP contribution in [0.25, 0.3) is 0 Å². The Morgan fingerprint density at radius 3 is 2.73 bits per heavy atom. The van der Waals surface area contributed by atoms with Gasteiger partial charge in [0.05, 0.1) is 5.75 Å². The quantitative estimate of drug-likeness (QED) is 0.856. The molecule has 6 nitrogen and oxygen atoms in total. The number of hydrogen-bond acceptors (Lipinski definition) is 4. The van der Waals surface area contributed by atoms with Gasteiger partial charge in [-0.2, -0.15) is 0 Å². The molecule has 0 saturated carbocycles. The number of piperidine rings is 1. The van der Waals surface area contributed by atoms with Gasteiger partial charge < -0.3 is 4.57 Å². The molecule has 0 N–H and O–H groups in total. The maximum absolute atomic E-state index is 12.6. The third-order valence-corrected chi connectivity index (χ3v) is 5.90. The van der Waals surface area contributed by atoms with Gasteiger partial charge >= 0.3 is 0 Å². The number of benzene rings is 1. The van der Waals surface area contributed by atoms with E-state index >= 15 is 0 Å². The summed E-state index contributed by atoms with van der Waals surface area (Å²) in [5, 5.41) is 8.03. The van der Waals surface area contributed by atoms with E-state index in [-0.39, 0.29) is 11.7 Å². The Morgan fingerprint density at radius 1 is 1.27 bits per heavy atom. The van der Waals surface area contributed by atoms with Gasteiger partial charge in [0, 0.05) is 26.1 Å². The van der Waals surface area contributed by atoms with Crippen molar-refractivity contribution in [3.63, 3.8) is 0 Å². The van der Waals surface area contributed by atoms with E-state index in [1.165, 1.54) is 0 Å². The van der Waals surface area contributed by atoms with Gasteiger partial charge in [-0.1, -0.05) is 30.3 Å². The largest absolute Gasteiger partial charge is 0.320 e. The SMILES string of the molecule is Cn1cnnc1C1CCCN(S(=O)(=O)Cc2ccccc2)C1. The minimum Gasteiger partial charge on any atom is -0.320 e. The molecule has 7 heteroatoms. The van der Waals surface area contributed by atoms with Crippen LogP contribution >= 0.6 is 0 Å². The highest BCUT2D eigenvalue weighted by Gasteiger charge is 2.31. The molecule has 1 aliphatic heterocycles. The van der Waals surface area contributed by atoms with Crippen LogP contribution in [0.3, 0.4) is 0 Å². The molecule has 0 aliphatic carbocycles. The van der Waals surface area contributed by atoms with Gasteiger partial charge in [0.25, 0.3) is 0 Å². The molecule has 1 aromatic carbocycles. The van der Waals surface area contributed by atoms with Crippen LogP contribution < -0.4 is 0 Å². The van der Waals surface area contributed by atoms with Crippen LogP contribution in [0.2, 0.25) is 0 Å². The van der Waals surface area contributed by atoms with E-state index in [9.17, 15) is 8.42 Å². The van der Waals surface area contributed by atoms with Crippen molar-refractivity contribution in [2.24, 2.45) is 7.05 Å². The molecule has 1 unspecified atom stereocenters. The summed E-state index contributed by atoms with van der Waals surface area (Å²) in [5.41, 5.74) is 0.822. The second-order valence-corrected chi connectivity index (χ2v) is 7.71. The summed E-state index contributed by atoms with van der Waals surface area (Å²) in [5.74, 6) is 1.03. The zero-order chi connectivity index (χ0) is 15.6. The molecule has 0 amide bonds. The zero-order valence-corrected chi connectivity index (χ0v) is 13.4. The van der Waals surface area contributed by atoms with Gasteiger partial charge in [-0.3, -0.25) is 0 Å². The molecule has 3 rings (SSSR count). The Balaban J connectivity index is 1.75. The molecule has 1 fully saturated rings. The summed E-state index contributed by atoms with van der Waals surface area (Å²) in [6.45, 7) is 1.07. The molecule has 22 heavy (non-hydrogen) atoms. The highest BCUT2D eigenvalue weighted by molar-refractivity contribution is 7.88. The molecule has 2 heterocycles. The molecule has 1 aromatic heterocycles. The van der Waals surface area contributed by atoms with E-state index in [1.54, 1.807) is 10.6 Å². The van der Waals surface area contributed by atoms with Crippen molar-refractivity contribution in [2.45, 2.75) is 24.5 Å². The van der Waals surface area contributed by atoms with Crippen molar-refractivity contribution in [1.82, 2.24) is 19.1 Å². The lowest BCUT2D eigenvalue weighted by atomic mass is 9.99. The van der Waals surface area contributed by atoms with Gasteiger partial charge in [0.2, 0.25) is 10.0 Å². The van der Waals surface area contributed by atoms with E-state index < -0.39 is 10.0 Å². The molecule has 0 radical (unpaired) electrons. The van der Waals surface area contributed by atoms with Crippen molar-refractivity contribution >= 4 is 10.0 Å². The molecule has 0 spiro atoms. The van der Waals surface area contributed by atoms with Crippen molar-refractivity contribution in [3.8, 4) is 0 Å². The summed E-state index contributed by atoms with van der Waals surface area (Å²) in [7, 11) is -1.40. The fourth-order valence-electron chi connectivity index (χ4n) is 2.94. The molecule has 1 atom stereocenters. The minimum absolute atomic E-state index is 0.0549. The first kappa shape index (κ1) is 15.2. The third kappa shape index (κ3) is 3.20. The number of hydrogen-bond donors (Lipinski definition) is 0. The van der Waals surface area contributed by atoms with Crippen LogP contribution in [-0.4, -0.2) is 40.6 Å². The maximum atomic E-state index is 12.6. The first-order valence-electron chi connectivity index (χ1n) is 7.42. The maximum Gasteiger partial charge on any atom is 0.218 e. The summed E-state index contributed by atoms with van der Waals surface area (Å²) in [6.07, 6.45) is 3.46. The second kappa shape index (κ2) is 6.18. The van der Waals surface area contributed by atoms with Gasteiger partial charge in [-0.25, -0.2) is 12.7 Å². The normalized spacial score (nSPS) is 20.1. The van der Waals surface area contributed by atoms with Crippen LogP contribution in [0, 0.1) is 0 Å². The van der Waals surface area contributed by atoms with Crippen molar-refractivity contribution in [2.75, 3.05) is 13.1 Å². The summed E-state index contributed by atoms with van der Waals surface area (Å²) in [6, 6.07) is 9.32. The average Bonchev–Trinajstić information content (AvgIpc) is 2.94. The van der Waals surface area contributed by atoms with Crippen LogP contribution in [0.1, 0.15) is 30.1 Å². The fourth-order valence-corrected chi connectivity index (χ4v) is 4.55. The van der Waals surface area contributed by atoms with E-state index in [4.69, 9.17) is 0 Å². The van der Waals surface area contributed by atoms with Crippen molar-refractivity contribution < 1.29 is 8.42 Å². The molecule has 118 valence electrons. The number of sulfonamides is 1. The topological polar surface area (TPSA) is 68.1 Å². The van der Waals surface area contributed by atoms with Crippen molar-refractivity contribution in [3.05, 3.63) is 48.0 Å². The highest BCUT2D eigenvalue weighted by Crippen LogP contribution is 2.27. The number of aryl methyl sites for hydroxylation is 1. The van der Waals surface area contributed by atoms with Crippen LogP contribution in [-0.2, 0) is 22.8 Å². The third-order valence-electron chi connectivity index (χ3n) is 4.08. The molecular formula is C15H20N4O2S. The van der Waals surface area contributed by atoms with E-state index in [0.717, 1.165) is 24.2 Å². The highest BCUT2D eigenvalue weighted by atomic mass is 32.2. The van der Waals surface area contributed by atoms with Crippen LogP contribution in [0.15, 0.2) is 36.7 Å². The Morgan fingerprint density at radius 2 is 2.05 bits per heavy atom. The fraction of sp³-hybridized carbons (Fsp3) is 0.467. The standard InChI is InChI=1S/C15H20N4O2S/c1-18-12-16-17-15(18)14-8-5-9-19(10-14)22(20,21)11-13-6-3-2-4-7-13/h2-4,6-7,12,14H,5,8-11H2,1H3. The Kier molecular flexibility index (Phi) is 4.26. The molecule has 1 saturated heterocycles. The second-order valence-electron chi connectivity index (χ2n) is 5.74. The van der Waals surface area contributed by atoms with Crippen LogP contribution in [0.4, 0.5) is 0 Å². The summed E-state index contributed by atoms with van der Waals surface area (Å²) >= 11 is 0. The number of aromatic nitrogens is 3. The Hall–Kier alpha value is -1.73. The van der Waals surface area contributed by atoms with Gasteiger partial charge in [0.15, 0.2) is 0 Å². The van der Waals surface area contributed by atoms with Gasteiger partial charge in [0.1, 0.15) is 12.2 Å². The molecule has 1 aliphatic rings. The first-order chi connectivity index (χ1) is 10.6. The van der Waals surface area contributed by atoms with E-state index in [0.29, 0.717) is 13.1 Å². The minimum atomic E-state index is -3.30. The monoisotopic (exact) mass is 320 g/mol. The predicted molar refractivity (Wildman–Crippen MR) is 83.6 cm³/mol. The first-order valence-corrected chi connectivity index (χ1v) is 9.03. The molecular weight excluding hydrogens is 300 g/mol. The lowest BCUT2D eigenvalue weighted by molar-refractivity contribution is 0.305. The Labute approximate surface area is 130 Å². The predicted octanol–water partition coefficient (Wildman–Crippen LogP) is 1.52. The van der Waals surface area contributed by atoms with E-state index in [1.807, 2.05) is 41.9 Å². The molecule has 2 aromatic rings. The lowest BCUT2D eigenvalue weighted by Crippen LogP contribution is -2.40. The van der Waals surface area contributed by atoms with Gasteiger partial charge in [-0.15, -0.1) is 10.2 Å². The summed E-state index contributed by atoms with van der Waals surface area (Å²) in [4.78, 5) is 0. The Bertz CT molecular complexity index is 727. The number of rotatable bonds is 4. The average molecular weight is 320 g/mol.